The zero-order valence-corrected chi connectivity index (χ0v) is 10.9. The monoisotopic (exact) mass is 255 g/mol. The number of anilines is 2. The van der Waals surface area contributed by atoms with E-state index >= 15 is 0 Å². The third-order valence-electron chi connectivity index (χ3n) is 3.20. The van der Waals surface area contributed by atoms with Crippen molar-refractivity contribution in [3.8, 4) is 0 Å². The van der Waals surface area contributed by atoms with Crippen molar-refractivity contribution < 1.29 is 0 Å². The first-order valence-electron chi connectivity index (χ1n) is 5.81. The largest absolute Gasteiger partial charge is 0.382 e. The molecule has 94 valence electrons. The highest BCUT2D eigenvalue weighted by Gasteiger charge is 2.28. The lowest BCUT2D eigenvalue weighted by Gasteiger charge is -2.24. The van der Waals surface area contributed by atoms with Crippen molar-refractivity contribution in [3.63, 3.8) is 0 Å². The van der Waals surface area contributed by atoms with Crippen molar-refractivity contribution in [1.29, 1.82) is 0 Å². The van der Waals surface area contributed by atoms with Gasteiger partial charge in [-0.15, -0.1) is 0 Å². The van der Waals surface area contributed by atoms with Crippen molar-refractivity contribution in [2.45, 2.75) is 31.8 Å². The molecule has 0 amide bonds. The lowest BCUT2D eigenvalue weighted by Crippen LogP contribution is -2.36. The smallest absolute Gasteiger partial charge is 0.150 e. The molecule has 5 nitrogen and oxygen atoms in total. The summed E-state index contributed by atoms with van der Waals surface area (Å²) in [6.07, 6.45) is 4.03. The van der Waals surface area contributed by atoms with E-state index in [0.717, 1.165) is 12.6 Å². The highest BCUT2D eigenvalue weighted by molar-refractivity contribution is 6.35. The topological polar surface area (TPSA) is 67.1 Å². The second kappa shape index (κ2) is 5.06. The molecule has 1 saturated carbocycles. The van der Waals surface area contributed by atoms with Gasteiger partial charge in [0.25, 0.3) is 0 Å². The molecule has 0 spiro atoms. The first-order valence-corrected chi connectivity index (χ1v) is 6.19. The average Bonchev–Trinajstić information content (AvgIpc) is 3.13. The van der Waals surface area contributed by atoms with Gasteiger partial charge >= 0.3 is 0 Å². The zero-order valence-electron chi connectivity index (χ0n) is 10.2. The maximum Gasteiger partial charge on any atom is 0.150 e. The molecule has 0 aromatic carbocycles. The van der Waals surface area contributed by atoms with E-state index in [1.54, 1.807) is 0 Å². The van der Waals surface area contributed by atoms with Crippen LogP contribution in [0.15, 0.2) is 6.33 Å². The maximum absolute atomic E-state index is 6.01. The first kappa shape index (κ1) is 12.4. The minimum atomic E-state index is 0.312. The van der Waals surface area contributed by atoms with Gasteiger partial charge in [-0.3, -0.25) is 4.90 Å². The van der Waals surface area contributed by atoms with Gasteiger partial charge in [0.1, 0.15) is 17.2 Å². The molecule has 1 heterocycles. The van der Waals surface area contributed by atoms with Crippen molar-refractivity contribution in [3.05, 3.63) is 11.3 Å². The van der Waals surface area contributed by atoms with Crippen LogP contribution in [-0.2, 0) is 0 Å². The molecule has 1 unspecified atom stereocenters. The standard InChI is InChI=1S/C11H18ClN5/c1-7(17(2)8-3-4-8)5-14-11-9(12)10(13)15-6-16-11/h6-8H,3-5H2,1-2H3,(H3,13,14,15,16). The Morgan fingerprint density at radius 1 is 1.59 bits per heavy atom. The molecule has 17 heavy (non-hydrogen) atoms. The predicted molar refractivity (Wildman–Crippen MR) is 70.2 cm³/mol. The number of aromatic nitrogens is 2. The Morgan fingerprint density at radius 3 is 2.94 bits per heavy atom. The van der Waals surface area contributed by atoms with Crippen LogP contribution in [0.3, 0.4) is 0 Å². The summed E-state index contributed by atoms with van der Waals surface area (Å²) in [4.78, 5) is 10.3. The van der Waals surface area contributed by atoms with Crippen LogP contribution in [0.5, 0.6) is 0 Å². The molecule has 1 aliphatic carbocycles. The molecule has 1 aromatic heterocycles. The quantitative estimate of drug-likeness (QED) is 0.837. The van der Waals surface area contributed by atoms with Crippen molar-refractivity contribution in [1.82, 2.24) is 14.9 Å². The number of halogens is 1. The SMILES string of the molecule is CC(CNc1ncnc(N)c1Cl)N(C)C1CC1. The first-order chi connectivity index (χ1) is 8.09. The van der Waals surface area contributed by atoms with Crippen molar-refractivity contribution in [2.75, 3.05) is 24.6 Å². The maximum atomic E-state index is 6.01. The molecule has 3 N–H and O–H groups in total. The molecule has 1 aliphatic rings. The summed E-state index contributed by atoms with van der Waals surface area (Å²) in [5.74, 6) is 0.919. The van der Waals surface area contributed by atoms with E-state index < -0.39 is 0 Å². The second-order valence-corrected chi connectivity index (χ2v) is 4.93. The third kappa shape index (κ3) is 2.98. The number of nitrogens with zero attached hydrogens (tertiary/aromatic N) is 3. The molecule has 0 aliphatic heterocycles. The summed E-state index contributed by atoms with van der Waals surface area (Å²) in [6, 6.07) is 1.19. The molecule has 1 aromatic rings. The van der Waals surface area contributed by atoms with Gasteiger partial charge in [-0.25, -0.2) is 9.97 Å². The van der Waals surface area contributed by atoms with E-state index in [-0.39, 0.29) is 0 Å². The Labute approximate surface area is 106 Å². The number of rotatable bonds is 5. The Hall–Kier alpha value is -1.07. The number of nitrogens with two attached hydrogens (primary N) is 1. The zero-order chi connectivity index (χ0) is 12.4. The number of nitrogens with one attached hydrogen (secondary N) is 1. The van der Waals surface area contributed by atoms with Crippen LogP contribution in [-0.4, -0.2) is 40.5 Å². The Balaban J connectivity index is 1.90. The molecule has 2 rings (SSSR count). The van der Waals surface area contributed by atoms with E-state index in [1.165, 1.54) is 19.2 Å². The van der Waals surface area contributed by atoms with E-state index in [2.05, 4.69) is 34.2 Å². The number of likely N-dealkylation sites (N-methyl/N-ethyl adjacent to an activating group) is 1. The summed E-state index contributed by atoms with van der Waals surface area (Å²) in [5.41, 5.74) is 5.61. The van der Waals surface area contributed by atoms with Gasteiger partial charge in [-0.1, -0.05) is 11.6 Å². The van der Waals surface area contributed by atoms with Crippen molar-refractivity contribution >= 4 is 23.2 Å². The summed E-state index contributed by atoms with van der Waals surface area (Å²) < 4.78 is 0. The molecule has 0 bridgehead atoms. The van der Waals surface area contributed by atoms with Crippen LogP contribution in [0.4, 0.5) is 11.6 Å². The lowest BCUT2D eigenvalue weighted by molar-refractivity contribution is 0.257. The average molecular weight is 256 g/mol. The van der Waals surface area contributed by atoms with E-state index in [0.29, 0.717) is 22.7 Å². The van der Waals surface area contributed by atoms with Crippen LogP contribution < -0.4 is 11.1 Å². The molecule has 1 atom stereocenters. The summed E-state index contributed by atoms with van der Waals surface area (Å²) in [5, 5.41) is 3.61. The van der Waals surface area contributed by atoms with Crippen LogP contribution in [0.2, 0.25) is 5.02 Å². The molecule has 0 radical (unpaired) electrons. The molecule has 0 saturated heterocycles. The fraction of sp³-hybridized carbons (Fsp3) is 0.636. The van der Waals surface area contributed by atoms with Crippen LogP contribution in [0.25, 0.3) is 0 Å². The summed E-state index contributed by atoms with van der Waals surface area (Å²) in [7, 11) is 2.15. The molecule has 6 heteroatoms. The van der Waals surface area contributed by atoms with E-state index in [9.17, 15) is 0 Å². The van der Waals surface area contributed by atoms with Gasteiger partial charge in [0, 0.05) is 18.6 Å². The minimum absolute atomic E-state index is 0.312. The summed E-state index contributed by atoms with van der Waals surface area (Å²) >= 11 is 6.01. The van der Waals surface area contributed by atoms with Crippen molar-refractivity contribution in [2.24, 2.45) is 0 Å². The third-order valence-corrected chi connectivity index (χ3v) is 3.57. The fourth-order valence-electron chi connectivity index (χ4n) is 1.74. The van der Waals surface area contributed by atoms with Gasteiger partial charge < -0.3 is 11.1 Å². The van der Waals surface area contributed by atoms with E-state index in [4.69, 9.17) is 17.3 Å². The number of nitrogen functional groups attached to an aromatic ring is 1. The molecule has 1 fully saturated rings. The Morgan fingerprint density at radius 2 is 2.29 bits per heavy atom. The highest BCUT2D eigenvalue weighted by atomic mass is 35.5. The highest BCUT2D eigenvalue weighted by Crippen LogP contribution is 2.27. The summed E-state index contributed by atoms with van der Waals surface area (Å²) in [6.45, 7) is 2.98. The minimum Gasteiger partial charge on any atom is -0.382 e. The van der Waals surface area contributed by atoms with Gasteiger partial charge in [0.05, 0.1) is 0 Å². The van der Waals surface area contributed by atoms with Gasteiger partial charge in [0.2, 0.25) is 0 Å². The Bertz CT molecular complexity index is 393. The van der Waals surface area contributed by atoms with Gasteiger partial charge in [-0.2, -0.15) is 0 Å². The number of hydrogen-bond acceptors (Lipinski definition) is 5. The molecular formula is C11H18ClN5. The normalized spacial score (nSPS) is 17.2. The second-order valence-electron chi connectivity index (χ2n) is 4.55. The lowest BCUT2D eigenvalue weighted by atomic mass is 10.3. The van der Waals surface area contributed by atoms with Crippen LogP contribution in [0, 0.1) is 0 Å². The Kier molecular flexibility index (Phi) is 3.69. The number of hydrogen-bond donors (Lipinski definition) is 2. The van der Waals surface area contributed by atoms with Gasteiger partial charge in [-0.05, 0) is 26.8 Å². The molecular weight excluding hydrogens is 238 g/mol. The van der Waals surface area contributed by atoms with Gasteiger partial charge in [0.15, 0.2) is 5.82 Å². The fourth-order valence-corrected chi connectivity index (χ4v) is 1.90. The van der Waals surface area contributed by atoms with E-state index in [1.807, 2.05) is 0 Å². The van der Waals surface area contributed by atoms with Crippen LogP contribution >= 0.6 is 11.6 Å². The van der Waals surface area contributed by atoms with Crippen LogP contribution in [0.1, 0.15) is 19.8 Å². The predicted octanol–water partition coefficient (Wildman–Crippen LogP) is 1.61.